The number of fused-ring (bicyclic) bond motifs is 4. The summed E-state index contributed by atoms with van der Waals surface area (Å²) in [6, 6.07) is 0. The fourth-order valence-corrected chi connectivity index (χ4v) is 3.79. The molecule has 1 fully saturated rings. The van der Waals surface area contributed by atoms with Crippen molar-refractivity contribution in [2.24, 2.45) is 17.0 Å². The molecule has 0 unspecified atom stereocenters. The van der Waals surface area contributed by atoms with Gasteiger partial charge in [0, 0.05) is 19.4 Å². The third-order valence-electron chi connectivity index (χ3n) is 5.05. The summed E-state index contributed by atoms with van der Waals surface area (Å²) in [5.41, 5.74) is 0.960. The van der Waals surface area contributed by atoms with E-state index in [-0.39, 0.29) is 24.1 Å². The second-order valence-electron chi connectivity index (χ2n) is 6.92. The maximum absolute atomic E-state index is 12.2. The molecule has 2 aliphatic heterocycles. The molecule has 0 radical (unpaired) electrons. The van der Waals surface area contributed by atoms with E-state index in [0.29, 0.717) is 19.1 Å². The van der Waals surface area contributed by atoms with Crippen LogP contribution in [0.4, 0.5) is 0 Å². The van der Waals surface area contributed by atoms with Crippen LogP contribution in [0.15, 0.2) is 17.3 Å². The van der Waals surface area contributed by atoms with E-state index in [1.165, 1.54) is 0 Å². The largest absolute Gasteiger partial charge is 0.460 e. The van der Waals surface area contributed by atoms with Crippen molar-refractivity contribution in [2.45, 2.75) is 63.8 Å². The second kappa shape index (κ2) is 8.12. The minimum Gasteiger partial charge on any atom is -0.460 e. The average Bonchev–Trinajstić information content (AvgIpc) is 3.18. The van der Waals surface area contributed by atoms with Gasteiger partial charge in [-0.25, -0.2) is 4.79 Å². The van der Waals surface area contributed by atoms with E-state index in [1.807, 2.05) is 6.92 Å². The molecular weight excluding hydrogens is 310 g/mol. The van der Waals surface area contributed by atoms with E-state index in [0.717, 1.165) is 37.8 Å². The van der Waals surface area contributed by atoms with Crippen molar-refractivity contribution in [1.29, 1.82) is 0 Å². The number of cyclic esters (lactones) is 1. The van der Waals surface area contributed by atoms with Crippen molar-refractivity contribution in [3.8, 4) is 0 Å². The maximum atomic E-state index is 12.2. The van der Waals surface area contributed by atoms with Crippen LogP contribution in [0.3, 0.4) is 0 Å². The van der Waals surface area contributed by atoms with Crippen molar-refractivity contribution in [3.63, 3.8) is 0 Å². The third-order valence-corrected chi connectivity index (χ3v) is 5.05. The zero-order chi connectivity index (χ0) is 16.9. The Bertz CT molecular complexity index is 504. The van der Waals surface area contributed by atoms with E-state index < -0.39 is 6.10 Å². The molecule has 0 aromatic carbocycles. The van der Waals surface area contributed by atoms with Gasteiger partial charge in [0.05, 0.1) is 17.9 Å². The summed E-state index contributed by atoms with van der Waals surface area (Å²) in [6.07, 6.45) is 9.27. The van der Waals surface area contributed by atoms with Gasteiger partial charge in [0.15, 0.2) is 0 Å². The minimum atomic E-state index is -0.591. The number of esters is 1. The van der Waals surface area contributed by atoms with Crippen LogP contribution in [0, 0.1) is 11.8 Å². The normalized spacial score (nSPS) is 38.0. The summed E-state index contributed by atoms with van der Waals surface area (Å²) < 4.78 is 16.3. The molecule has 2 bridgehead atoms. The topological polar surface area (TPSA) is 66.4 Å². The zero-order valence-corrected chi connectivity index (χ0v) is 14.5. The van der Waals surface area contributed by atoms with Gasteiger partial charge in [-0.3, -0.25) is 0 Å². The van der Waals surface area contributed by atoms with Crippen LogP contribution in [0.2, 0.25) is 0 Å². The standard InChI is InChI=1S/C18H27NO5/c1-12-6-4-3-5-7-13-8-14(22-11-21-2)9-15(13)16-10-17(24-19-16)18(20)23-12/h5,7,12-15,17H,3-4,6,8-11H2,1-2H3/b7-5-/t12-,13-,14+,15-,17-/m1/s1. The molecule has 5 atom stereocenters. The van der Waals surface area contributed by atoms with Gasteiger partial charge in [-0.15, -0.1) is 0 Å². The number of rotatable bonds is 3. The van der Waals surface area contributed by atoms with Crippen molar-refractivity contribution >= 4 is 11.7 Å². The first-order valence-electron chi connectivity index (χ1n) is 8.87. The average molecular weight is 337 g/mol. The molecule has 6 nitrogen and oxygen atoms in total. The Kier molecular flexibility index (Phi) is 5.89. The highest BCUT2D eigenvalue weighted by molar-refractivity contribution is 5.93. The molecule has 0 N–H and O–H groups in total. The van der Waals surface area contributed by atoms with E-state index >= 15 is 0 Å². The monoisotopic (exact) mass is 337 g/mol. The Morgan fingerprint density at radius 3 is 3.08 bits per heavy atom. The number of oxime groups is 1. The van der Waals surface area contributed by atoms with Crippen LogP contribution in [-0.2, 0) is 23.8 Å². The van der Waals surface area contributed by atoms with Crippen molar-refractivity contribution in [2.75, 3.05) is 13.9 Å². The molecule has 3 rings (SSSR count). The first kappa shape index (κ1) is 17.4. The quantitative estimate of drug-likeness (QED) is 0.450. The molecule has 0 spiro atoms. The van der Waals surface area contributed by atoms with Crippen molar-refractivity contribution in [3.05, 3.63) is 12.2 Å². The SMILES string of the molecule is COCO[C@H]1C[C@H]2/C=C\CCC[C@@H](C)OC(=O)[C@H]3CC(=NO3)[C@@H]2C1. The lowest BCUT2D eigenvalue weighted by Gasteiger charge is -2.15. The van der Waals surface area contributed by atoms with Crippen LogP contribution in [0.5, 0.6) is 0 Å². The Balaban J connectivity index is 1.72. The number of hydrogen-bond donors (Lipinski definition) is 0. The first-order chi connectivity index (χ1) is 11.7. The molecule has 1 aliphatic carbocycles. The highest BCUT2D eigenvalue weighted by Crippen LogP contribution is 2.38. The number of nitrogens with zero attached hydrogens (tertiary/aromatic N) is 1. The van der Waals surface area contributed by atoms with Gasteiger partial charge in [0.2, 0.25) is 6.10 Å². The van der Waals surface area contributed by atoms with Crippen LogP contribution >= 0.6 is 0 Å². The number of methoxy groups -OCH3 is 1. The molecule has 0 aromatic heterocycles. The summed E-state index contributed by atoms with van der Waals surface area (Å²) in [7, 11) is 1.63. The van der Waals surface area contributed by atoms with E-state index in [1.54, 1.807) is 7.11 Å². The molecule has 2 heterocycles. The molecule has 3 aliphatic rings. The van der Waals surface area contributed by atoms with E-state index in [9.17, 15) is 4.79 Å². The second-order valence-corrected chi connectivity index (χ2v) is 6.92. The van der Waals surface area contributed by atoms with Gasteiger partial charge >= 0.3 is 5.97 Å². The number of carbonyl (C=O) groups excluding carboxylic acids is 1. The number of carbonyl (C=O) groups is 1. The summed E-state index contributed by atoms with van der Waals surface area (Å²) in [4.78, 5) is 17.6. The van der Waals surface area contributed by atoms with Gasteiger partial charge in [-0.05, 0) is 44.9 Å². The van der Waals surface area contributed by atoms with Crippen LogP contribution in [-0.4, -0.2) is 43.9 Å². The summed E-state index contributed by atoms with van der Waals surface area (Å²) >= 11 is 0. The highest BCUT2D eigenvalue weighted by Gasteiger charge is 2.41. The van der Waals surface area contributed by atoms with Crippen molar-refractivity contribution in [1.82, 2.24) is 0 Å². The summed E-state index contributed by atoms with van der Waals surface area (Å²) in [6.45, 7) is 2.24. The predicted molar refractivity (Wildman–Crippen MR) is 88.4 cm³/mol. The highest BCUT2D eigenvalue weighted by atomic mass is 16.7. The molecule has 24 heavy (non-hydrogen) atoms. The van der Waals surface area contributed by atoms with Crippen molar-refractivity contribution < 1.29 is 23.8 Å². The molecule has 1 saturated carbocycles. The van der Waals surface area contributed by atoms with Crippen LogP contribution in [0.1, 0.15) is 45.4 Å². The third kappa shape index (κ3) is 4.16. The minimum absolute atomic E-state index is 0.0781. The predicted octanol–water partition coefficient (Wildman–Crippen LogP) is 2.82. The smallest absolute Gasteiger partial charge is 0.350 e. The van der Waals surface area contributed by atoms with E-state index in [4.69, 9.17) is 19.0 Å². The lowest BCUT2D eigenvalue weighted by molar-refractivity contribution is -0.160. The van der Waals surface area contributed by atoms with Crippen LogP contribution in [0.25, 0.3) is 0 Å². The van der Waals surface area contributed by atoms with Gasteiger partial charge in [-0.1, -0.05) is 17.3 Å². The fraction of sp³-hybridized carbons (Fsp3) is 0.778. The maximum Gasteiger partial charge on any atom is 0.350 e. The van der Waals surface area contributed by atoms with E-state index in [2.05, 4.69) is 17.3 Å². The molecule has 0 saturated heterocycles. The van der Waals surface area contributed by atoms with Gasteiger partial charge < -0.3 is 19.0 Å². The van der Waals surface area contributed by atoms with Crippen LogP contribution < -0.4 is 0 Å². The van der Waals surface area contributed by atoms with Gasteiger partial charge in [-0.2, -0.15) is 0 Å². The lowest BCUT2D eigenvalue weighted by atomic mass is 9.88. The Hall–Kier alpha value is -1.40. The molecule has 0 aromatic rings. The van der Waals surface area contributed by atoms with Gasteiger partial charge in [0.1, 0.15) is 6.79 Å². The zero-order valence-electron chi connectivity index (χ0n) is 14.5. The Labute approximate surface area is 143 Å². The number of hydrogen-bond acceptors (Lipinski definition) is 6. The number of ether oxygens (including phenoxy) is 3. The lowest BCUT2D eigenvalue weighted by Crippen LogP contribution is -2.28. The molecule has 0 amide bonds. The molecule has 6 heteroatoms. The number of allylic oxidation sites excluding steroid dienone is 2. The molecular formula is C18H27NO5. The van der Waals surface area contributed by atoms with Gasteiger partial charge in [0.25, 0.3) is 0 Å². The Morgan fingerprint density at radius 2 is 2.25 bits per heavy atom. The summed E-state index contributed by atoms with van der Waals surface area (Å²) in [5, 5.41) is 4.21. The summed E-state index contributed by atoms with van der Waals surface area (Å²) in [5.74, 6) is 0.344. The first-order valence-corrected chi connectivity index (χ1v) is 8.87. The molecule has 134 valence electrons. The Morgan fingerprint density at radius 1 is 1.38 bits per heavy atom. The fourth-order valence-electron chi connectivity index (χ4n) is 3.79.